The lowest BCUT2D eigenvalue weighted by molar-refractivity contribution is 0.0695. The lowest BCUT2D eigenvalue weighted by Crippen LogP contribution is -2.35. The second-order valence-corrected chi connectivity index (χ2v) is 9.13. The van der Waals surface area contributed by atoms with Crippen molar-refractivity contribution < 1.29 is 19.0 Å². The second-order valence-electron chi connectivity index (χ2n) is 9.13. The molecule has 8 heteroatoms. The molecule has 3 heterocycles. The molecule has 1 aliphatic heterocycles. The third kappa shape index (κ3) is 4.30. The molecule has 2 aromatic carbocycles. The number of nitrogens with zero attached hydrogens (tertiary/aromatic N) is 3. The molecular formula is C28H26FN3O4. The van der Waals surface area contributed by atoms with E-state index in [2.05, 4.69) is 4.98 Å². The van der Waals surface area contributed by atoms with Gasteiger partial charge in [-0.15, -0.1) is 0 Å². The van der Waals surface area contributed by atoms with E-state index in [0.29, 0.717) is 30.2 Å². The van der Waals surface area contributed by atoms with E-state index < -0.39 is 22.8 Å². The lowest BCUT2D eigenvalue weighted by Gasteiger charge is -2.28. The van der Waals surface area contributed by atoms with Crippen LogP contribution < -0.4 is 15.1 Å². The molecule has 0 aliphatic carbocycles. The highest BCUT2D eigenvalue weighted by molar-refractivity contribution is 5.94. The summed E-state index contributed by atoms with van der Waals surface area (Å²) in [5.74, 6) is -1.41. The molecule has 184 valence electrons. The third-order valence-corrected chi connectivity index (χ3v) is 6.66. The Hall–Kier alpha value is -4.20. The van der Waals surface area contributed by atoms with Crippen LogP contribution in [0, 0.1) is 19.7 Å². The SMILES string of the molecule is Cc1ccc(-n2cc(C(=O)O)c(=O)c3cc(F)c(N4CCC[C@@H]4COc4ccccn4)cc32)c(C)c1. The average molecular weight is 488 g/mol. The number of carbonyl (C=O) groups is 1. The molecule has 5 rings (SSSR count). The summed E-state index contributed by atoms with van der Waals surface area (Å²) >= 11 is 0. The monoisotopic (exact) mass is 487 g/mol. The average Bonchev–Trinajstić information content (AvgIpc) is 3.32. The summed E-state index contributed by atoms with van der Waals surface area (Å²) in [7, 11) is 0. The number of carboxylic acid groups (broad SMARTS) is 1. The Labute approximate surface area is 207 Å². The van der Waals surface area contributed by atoms with Crippen molar-refractivity contribution in [2.75, 3.05) is 18.1 Å². The van der Waals surface area contributed by atoms with Gasteiger partial charge >= 0.3 is 5.97 Å². The molecule has 0 unspecified atom stereocenters. The normalized spacial score (nSPS) is 15.4. The fourth-order valence-electron chi connectivity index (χ4n) is 4.92. The van der Waals surface area contributed by atoms with Gasteiger partial charge in [-0.25, -0.2) is 14.2 Å². The smallest absolute Gasteiger partial charge is 0.341 e. The molecule has 7 nitrogen and oxygen atoms in total. The van der Waals surface area contributed by atoms with Gasteiger partial charge in [0.05, 0.1) is 17.2 Å². The van der Waals surface area contributed by atoms with Crippen molar-refractivity contribution >= 4 is 22.6 Å². The predicted octanol–water partition coefficient (Wildman–Crippen LogP) is 4.89. The van der Waals surface area contributed by atoms with Gasteiger partial charge in [0.2, 0.25) is 11.3 Å². The van der Waals surface area contributed by atoms with Gasteiger partial charge in [0.15, 0.2) is 0 Å². The van der Waals surface area contributed by atoms with Crippen molar-refractivity contribution in [3.8, 4) is 11.6 Å². The van der Waals surface area contributed by atoms with Gasteiger partial charge in [0.25, 0.3) is 0 Å². The Balaban J connectivity index is 1.63. The summed E-state index contributed by atoms with van der Waals surface area (Å²) in [6.45, 7) is 4.87. The number of anilines is 1. The zero-order valence-corrected chi connectivity index (χ0v) is 20.1. The number of halogens is 1. The first-order valence-corrected chi connectivity index (χ1v) is 11.8. The molecular weight excluding hydrogens is 461 g/mol. The van der Waals surface area contributed by atoms with Crippen LogP contribution in [0.3, 0.4) is 0 Å². The summed E-state index contributed by atoms with van der Waals surface area (Å²) in [5.41, 5.74) is 2.38. The maximum absolute atomic E-state index is 15.5. The van der Waals surface area contributed by atoms with Crippen molar-refractivity contribution in [3.05, 3.63) is 93.7 Å². The zero-order valence-electron chi connectivity index (χ0n) is 20.1. The van der Waals surface area contributed by atoms with E-state index in [0.717, 1.165) is 35.7 Å². The summed E-state index contributed by atoms with van der Waals surface area (Å²) in [6.07, 6.45) is 4.68. The van der Waals surface area contributed by atoms with Gasteiger partial charge in [-0.2, -0.15) is 0 Å². The van der Waals surface area contributed by atoms with Crippen LogP contribution in [0.5, 0.6) is 5.88 Å². The highest BCUT2D eigenvalue weighted by Gasteiger charge is 2.29. The van der Waals surface area contributed by atoms with Crippen molar-refractivity contribution in [2.45, 2.75) is 32.7 Å². The quantitative estimate of drug-likeness (QED) is 0.417. The van der Waals surface area contributed by atoms with Crippen LogP contribution >= 0.6 is 0 Å². The van der Waals surface area contributed by atoms with E-state index in [9.17, 15) is 14.7 Å². The molecule has 2 aromatic heterocycles. The second kappa shape index (κ2) is 9.45. The number of fused-ring (bicyclic) bond motifs is 1. The van der Waals surface area contributed by atoms with Crippen LogP contribution in [0.1, 0.15) is 34.3 Å². The maximum atomic E-state index is 15.5. The minimum Gasteiger partial charge on any atom is -0.477 e. The lowest BCUT2D eigenvalue weighted by atomic mass is 10.1. The van der Waals surface area contributed by atoms with E-state index in [1.54, 1.807) is 22.9 Å². The van der Waals surface area contributed by atoms with Crippen LogP contribution in [0.4, 0.5) is 10.1 Å². The topological polar surface area (TPSA) is 84.7 Å². The fourth-order valence-corrected chi connectivity index (χ4v) is 4.92. The van der Waals surface area contributed by atoms with Crippen LogP contribution in [0.15, 0.2) is 65.7 Å². The molecule has 0 radical (unpaired) electrons. The van der Waals surface area contributed by atoms with Crippen molar-refractivity contribution in [2.24, 2.45) is 0 Å². The molecule has 1 saturated heterocycles. The molecule has 36 heavy (non-hydrogen) atoms. The van der Waals surface area contributed by atoms with Crippen molar-refractivity contribution in [3.63, 3.8) is 0 Å². The van der Waals surface area contributed by atoms with Crippen molar-refractivity contribution in [1.29, 1.82) is 0 Å². The Bertz CT molecular complexity index is 1520. The summed E-state index contributed by atoms with van der Waals surface area (Å²) in [5, 5.41) is 9.68. The summed E-state index contributed by atoms with van der Waals surface area (Å²) in [6, 6.07) is 13.9. The van der Waals surface area contributed by atoms with Crippen LogP contribution in [0.2, 0.25) is 0 Å². The fraction of sp³-hybridized carbons (Fsp3) is 0.250. The third-order valence-electron chi connectivity index (χ3n) is 6.66. The van der Waals surface area contributed by atoms with Gasteiger partial charge in [0.1, 0.15) is 18.0 Å². The summed E-state index contributed by atoms with van der Waals surface area (Å²) < 4.78 is 23.0. The van der Waals surface area contributed by atoms with Gasteiger partial charge in [-0.1, -0.05) is 23.8 Å². The number of benzene rings is 2. The predicted molar refractivity (Wildman–Crippen MR) is 136 cm³/mol. The highest BCUT2D eigenvalue weighted by atomic mass is 19.1. The largest absolute Gasteiger partial charge is 0.477 e. The molecule has 1 N–H and O–H groups in total. The minimum atomic E-state index is -1.35. The summed E-state index contributed by atoms with van der Waals surface area (Å²) in [4.78, 5) is 31.0. The molecule has 1 aliphatic rings. The molecule has 0 bridgehead atoms. The van der Waals surface area contributed by atoms with E-state index >= 15 is 4.39 Å². The van der Waals surface area contributed by atoms with E-state index in [1.807, 2.05) is 49.1 Å². The Morgan fingerprint density at radius 1 is 1.17 bits per heavy atom. The molecule has 1 fully saturated rings. The van der Waals surface area contributed by atoms with Gasteiger partial charge in [0, 0.05) is 36.1 Å². The number of ether oxygens (including phenoxy) is 1. The van der Waals surface area contributed by atoms with Gasteiger partial charge in [-0.3, -0.25) is 4.79 Å². The van der Waals surface area contributed by atoms with Crippen molar-refractivity contribution in [1.82, 2.24) is 9.55 Å². The Morgan fingerprint density at radius 3 is 2.72 bits per heavy atom. The van der Waals surface area contributed by atoms with E-state index in [4.69, 9.17) is 4.74 Å². The molecule has 4 aromatic rings. The number of aryl methyl sites for hydroxylation is 2. The maximum Gasteiger partial charge on any atom is 0.341 e. The number of rotatable bonds is 6. The zero-order chi connectivity index (χ0) is 25.4. The number of carboxylic acids is 1. The van der Waals surface area contributed by atoms with Crippen LogP contribution in [-0.4, -0.2) is 39.8 Å². The number of aromatic carboxylic acids is 1. The first-order chi connectivity index (χ1) is 17.3. The van der Waals surface area contributed by atoms with Crippen LogP contribution in [-0.2, 0) is 0 Å². The van der Waals surface area contributed by atoms with E-state index in [1.165, 1.54) is 6.20 Å². The molecule has 0 saturated carbocycles. The Morgan fingerprint density at radius 2 is 2.00 bits per heavy atom. The van der Waals surface area contributed by atoms with Gasteiger partial charge in [-0.05, 0) is 56.5 Å². The minimum absolute atomic E-state index is 0.0246. The first-order valence-electron chi connectivity index (χ1n) is 11.8. The number of hydrogen-bond acceptors (Lipinski definition) is 5. The van der Waals surface area contributed by atoms with E-state index in [-0.39, 0.29) is 11.4 Å². The number of pyridine rings is 2. The number of aromatic nitrogens is 2. The highest BCUT2D eigenvalue weighted by Crippen LogP contribution is 2.32. The van der Waals surface area contributed by atoms with Crippen LogP contribution in [0.25, 0.3) is 16.6 Å². The molecule has 0 spiro atoms. The standard InChI is InChI=1S/C28H26FN3O4/c1-17-8-9-23(18(2)12-17)32-15-21(28(34)35)27(33)20-13-22(29)25(14-24(20)32)31-11-5-6-19(31)16-36-26-7-3-4-10-30-26/h3-4,7-10,12-15,19H,5-6,11,16H2,1-2H3,(H,34,35)/t19-/m1/s1. The number of hydrogen-bond donors (Lipinski definition) is 1. The Kier molecular flexibility index (Phi) is 6.18. The van der Waals surface area contributed by atoms with Gasteiger partial charge < -0.3 is 19.3 Å². The molecule has 1 atom stereocenters. The first kappa shape index (κ1) is 23.5. The molecule has 0 amide bonds.